The number of alkyl halides is 6. The van der Waals surface area contributed by atoms with E-state index in [2.05, 4.69) is 26.5 Å². The van der Waals surface area contributed by atoms with Crippen molar-refractivity contribution in [2.45, 2.75) is 18.9 Å². The third-order valence-corrected chi connectivity index (χ3v) is 5.93. The Balaban J connectivity index is 0.000000564. The van der Waals surface area contributed by atoms with Crippen LogP contribution in [0.15, 0.2) is 99.3 Å². The van der Waals surface area contributed by atoms with Crippen molar-refractivity contribution in [3.63, 3.8) is 0 Å². The number of carboxylic acids is 2. The molecule has 0 aliphatic rings. The van der Waals surface area contributed by atoms with Crippen LogP contribution in [0.5, 0.6) is 5.75 Å². The molecule has 0 saturated heterocycles. The van der Waals surface area contributed by atoms with Gasteiger partial charge in [0.25, 0.3) is 0 Å². The van der Waals surface area contributed by atoms with Crippen molar-refractivity contribution in [3.8, 4) is 28.3 Å². The molecule has 4 rings (SSSR count). The summed E-state index contributed by atoms with van der Waals surface area (Å²) >= 11 is 0. The molecule has 0 radical (unpaired) electrons. The van der Waals surface area contributed by atoms with Gasteiger partial charge in [-0.15, -0.1) is 10.2 Å². The summed E-state index contributed by atoms with van der Waals surface area (Å²) in [4.78, 5) is 17.8. The van der Waals surface area contributed by atoms with E-state index in [1.807, 2.05) is 77.5 Å². The first-order valence-corrected chi connectivity index (χ1v) is 14.1. The number of guanidine groups is 2. The normalized spacial score (nSPS) is 11.1. The summed E-state index contributed by atoms with van der Waals surface area (Å²) in [7, 11) is 1.65. The van der Waals surface area contributed by atoms with Gasteiger partial charge < -0.3 is 37.9 Å². The molecule has 15 nitrogen and oxygen atoms in total. The van der Waals surface area contributed by atoms with Crippen molar-refractivity contribution in [2.75, 3.05) is 7.11 Å². The van der Waals surface area contributed by atoms with Crippen LogP contribution in [0.4, 0.5) is 26.3 Å². The van der Waals surface area contributed by atoms with Crippen LogP contribution in [0.2, 0.25) is 0 Å². The second-order valence-electron chi connectivity index (χ2n) is 9.81. The predicted octanol–water partition coefficient (Wildman–Crippen LogP) is 3.76. The van der Waals surface area contributed by atoms with Crippen LogP contribution in [0, 0.1) is 0 Å². The molecule has 52 heavy (non-hydrogen) atoms. The summed E-state index contributed by atoms with van der Waals surface area (Å²) in [6, 6.07) is 25.7. The lowest BCUT2D eigenvalue weighted by atomic mass is 10.1. The van der Waals surface area contributed by atoms with Gasteiger partial charge in [0.05, 0.1) is 37.5 Å². The van der Waals surface area contributed by atoms with Gasteiger partial charge in [0.15, 0.2) is 0 Å². The van der Waals surface area contributed by atoms with Gasteiger partial charge in [0, 0.05) is 5.56 Å². The summed E-state index contributed by atoms with van der Waals surface area (Å²) in [6.45, 7) is 0.580. The number of hydrogen-bond donors (Lipinski definition) is 6. The topological polar surface area (TPSA) is 255 Å². The fraction of sp³-hybridized carbons (Fsp3) is 0.129. The zero-order chi connectivity index (χ0) is 39.1. The number of aliphatic carboxylic acids is 2. The minimum Gasteiger partial charge on any atom is -0.497 e. The molecule has 1 aromatic heterocycles. The van der Waals surface area contributed by atoms with Gasteiger partial charge in [-0.2, -0.15) is 41.6 Å². The van der Waals surface area contributed by atoms with Crippen LogP contribution in [0.1, 0.15) is 16.7 Å². The number of benzene rings is 3. The Bertz CT molecular complexity index is 1870. The highest BCUT2D eigenvalue weighted by molar-refractivity contribution is 5.84. The number of nitrogens with zero attached hydrogens (tertiary/aromatic N) is 6. The third-order valence-electron chi connectivity index (χ3n) is 5.93. The van der Waals surface area contributed by atoms with Crippen LogP contribution >= 0.6 is 0 Å². The molecule has 21 heteroatoms. The zero-order valence-electron chi connectivity index (χ0n) is 26.7. The lowest BCUT2D eigenvalue weighted by Gasteiger charge is -2.09. The lowest BCUT2D eigenvalue weighted by molar-refractivity contribution is -0.193. The molecule has 0 atom stereocenters. The molecule has 0 aliphatic heterocycles. The second kappa shape index (κ2) is 18.7. The van der Waals surface area contributed by atoms with Crippen molar-refractivity contribution in [1.82, 2.24) is 9.78 Å². The van der Waals surface area contributed by atoms with Crippen LogP contribution in [-0.4, -0.2) is 75.7 Å². The highest BCUT2D eigenvalue weighted by atomic mass is 19.4. The summed E-state index contributed by atoms with van der Waals surface area (Å²) < 4.78 is 70.7. The third kappa shape index (κ3) is 14.3. The largest absolute Gasteiger partial charge is 0.497 e. The molecule has 0 unspecified atom stereocenters. The van der Waals surface area contributed by atoms with Crippen LogP contribution in [-0.2, 0) is 16.1 Å². The number of halogens is 6. The Kier molecular flexibility index (Phi) is 14.9. The number of methoxy groups -OCH3 is 1. The Labute approximate surface area is 290 Å². The van der Waals surface area contributed by atoms with Gasteiger partial charge >= 0.3 is 24.3 Å². The maximum Gasteiger partial charge on any atom is 0.490 e. The molecule has 10 N–H and O–H groups in total. The van der Waals surface area contributed by atoms with Gasteiger partial charge in [0.1, 0.15) is 5.75 Å². The van der Waals surface area contributed by atoms with E-state index >= 15 is 0 Å². The highest BCUT2D eigenvalue weighted by Gasteiger charge is 2.38. The van der Waals surface area contributed by atoms with Crippen LogP contribution < -0.4 is 27.7 Å². The van der Waals surface area contributed by atoms with Gasteiger partial charge in [-0.1, -0.05) is 60.7 Å². The molecule has 0 fully saturated rings. The van der Waals surface area contributed by atoms with E-state index in [1.54, 1.807) is 19.5 Å². The lowest BCUT2D eigenvalue weighted by Crippen LogP contribution is -2.21. The number of rotatable bonds is 9. The fourth-order valence-electron chi connectivity index (χ4n) is 3.62. The maximum absolute atomic E-state index is 10.6. The van der Waals surface area contributed by atoms with Crippen LogP contribution in [0.25, 0.3) is 22.5 Å². The first-order chi connectivity index (χ1) is 24.3. The Morgan fingerprint density at radius 1 is 0.731 bits per heavy atom. The quantitative estimate of drug-likeness (QED) is 0.0628. The Hall–Kier alpha value is -6.93. The first-order valence-electron chi connectivity index (χ1n) is 14.1. The molecule has 0 spiro atoms. The molecule has 3 aromatic carbocycles. The molecular formula is C31H30F6N10O5. The van der Waals surface area contributed by atoms with E-state index in [9.17, 15) is 26.3 Å². The Morgan fingerprint density at radius 3 is 1.50 bits per heavy atom. The Morgan fingerprint density at radius 2 is 1.13 bits per heavy atom. The minimum atomic E-state index is -5.08. The first kappa shape index (κ1) is 41.2. The van der Waals surface area contributed by atoms with E-state index < -0.39 is 24.3 Å². The number of hydrogen-bond acceptors (Lipinski definition) is 8. The molecular weight excluding hydrogens is 706 g/mol. The molecule has 4 aromatic rings. The maximum atomic E-state index is 10.6. The van der Waals surface area contributed by atoms with Crippen molar-refractivity contribution in [1.29, 1.82) is 0 Å². The van der Waals surface area contributed by atoms with E-state index in [0.717, 1.165) is 45.0 Å². The number of ether oxygens (including phenoxy) is 1. The number of aromatic nitrogens is 2. The SMILES string of the molecule is COc1ccc(Cn2nc(-c3ccc(/C=N/N=C(N)N)cc3)cc2-c2ccc(/C=N/N=C(N)N)cc2)cc1.O=C(O)C(F)(F)F.O=C(O)C(F)(F)F. The van der Waals surface area contributed by atoms with Gasteiger partial charge in [-0.25, -0.2) is 9.59 Å². The van der Waals surface area contributed by atoms with E-state index in [0.29, 0.717) is 6.54 Å². The van der Waals surface area contributed by atoms with Gasteiger partial charge in [-0.05, 0) is 40.5 Å². The average molecular weight is 737 g/mol. The molecule has 0 aliphatic carbocycles. The van der Waals surface area contributed by atoms with Gasteiger partial charge in [-0.3, -0.25) is 4.68 Å². The average Bonchev–Trinajstić information content (AvgIpc) is 3.48. The fourth-order valence-corrected chi connectivity index (χ4v) is 3.62. The second-order valence-corrected chi connectivity index (χ2v) is 9.81. The number of nitrogens with two attached hydrogens (primary N) is 4. The van der Waals surface area contributed by atoms with Crippen molar-refractivity contribution >= 4 is 36.3 Å². The summed E-state index contributed by atoms with van der Waals surface area (Å²) in [5.41, 5.74) is 27.8. The predicted molar refractivity (Wildman–Crippen MR) is 179 cm³/mol. The molecule has 276 valence electrons. The zero-order valence-corrected chi connectivity index (χ0v) is 26.7. The van der Waals surface area contributed by atoms with Crippen LogP contribution in [0.3, 0.4) is 0 Å². The summed E-state index contributed by atoms with van der Waals surface area (Å²) in [5, 5.41) is 34.1. The highest BCUT2D eigenvalue weighted by Crippen LogP contribution is 2.28. The van der Waals surface area contributed by atoms with Gasteiger partial charge in [0.2, 0.25) is 11.9 Å². The smallest absolute Gasteiger partial charge is 0.490 e. The molecule has 0 bridgehead atoms. The van der Waals surface area contributed by atoms with E-state index in [1.165, 1.54) is 0 Å². The monoisotopic (exact) mass is 736 g/mol. The standard InChI is InChI=1S/C27H28N10O.2C2HF3O2/c1-38-23-12-6-20(7-13-23)17-37-25(22-10-4-19(5-11-22)16-33-35-27(30)31)14-24(36-37)21-8-2-18(3-9-21)15-32-34-26(28)29;2*3-2(4,5)1(6)7/h2-16H,17H2,1H3,(H4,28,29,34)(H4,30,31,35);2*(H,6,7)/b32-15+,33-16+;;. The number of carbonyl (C=O) groups is 2. The van der Waals surface area contributed by atoms with E-state index in [-0.39, 0.29) is 11.9 Å². The minimum absolute atomic E-state index is 0.0955. The number of carboxylic acid groups (broad SMARTS) is 2. The van der Waals surface area contributed by atoms with Crippen molar-refractivity contribution in [2.24, 2.45) is 43.3 Å². The summed E-state index contributed by atoms with van der Waals surface area (Å²) in [6.07, 6.45) is -7.00. The molecule has 0 saturated carbocycles. The summed E-state index contributed by atoms with van der Waals surface area (Å²) in [5.74, 6) is -4.90. The van der Waals surface area contributed by atoms with Crippen molar-refractivity contribution < 1.29 is 50.9 Å². The van der Waals surface area contributed by atoms with Crippen molar-refractivity contribution in [3.05, 3.63) is 95.6 Å². The molecule has 0 amide bonds. The van der Waals surface area contributed by atoms with E-state index in [4.69, 9.17) is 52.6 Å². The molecule has 1 heterocycles.